The first-order valence-electron chi connectivity index (χ1n) is 4.84. The van der Waals surface area contributed by atoms with E-state index in [0.717, 1.165) is 0 Å². The average molecular weight is 234 g/mol. The van der Waals surface area contributed by atoms with Crippen molar-refractivity contribution < 1.29 is 9.90 Å². The first-order valence-corrected chi connectivity index (χ1v) is 4.84. The van der Waals surface area contributed by atoms with Gasteiger partial charge >= 0.3 is 0 Å². The second-order valence-electron chi connectivity index (χ2n) is 3.19. The van der Waals surface area contributed by atoms with E-state index in [0.29, 0.717) is 5.69 Å². The van der Waals surface area contributed by atoms with Gasteiger partial charge in [0.2, 0.25) is 11.9 Å². The Balaban J connectivity index is 1.93. The van der Waals surface area contributed by atoms with Crippen molar-refractivity contribution in [3.63, 3.8) is 0 Å². The summed E-state index contributed by atoms with van der Waals surface area (Å²) in [6, 6.07) is 1.65. The second kappa shape index (κ2) is 5.12. The van der Waals surface area contributed by atoms with E-state index in [9.17, 15) is 4.79 Å². The van der Waals surface area contributed by atoms with Gasteiger partial charge < -0.3 is 5.11 Å². The van der Waals surface area contributed by atoms with Gasteiger partial charge in [0, 0.05) is 12.4 Å². The van der Waals surface area contributed by atoms with E-state index < -0.39 is 0 Å². The Morgan fingerprint density at radius 3 is 2.82 bits per heavy atom. The molecule has 17 heavy (non-hydrogen) atoms. The van der Waals surface area contributed by atoms with Crippen LogP contribution in [0, 0.1) is 0 Å². The smallest absolute Gasteiger partial charge is 0.248 e. The number of hydrogen-bond donors (Lipinski definition) is 2. The molecule has 2 rings (SSSR count). The number of amides is 1. The molecule has 2 heterocycles. The van der Waals surface area contributed by atoms with Crippen LogP contribution in [0.2, 0.25) is 0 Å². The summed E-state index contributed by atoms with van der Waals surface area (Å²) < 4.78 is 1.32. The molecule has 88 valence electrons. The summed E-state index contributed by atoms with van der Waals surface area (Å²) >= 11 is 0. The molecule has 0 aliphatic heterocycles. The van der Waals surface area contributed by atoms with Crippen molar-refractivity contribution >= 4 is 11.9 Å². The quantitative estimate of drug-likeness (QED) is 0.717. The van der Waals surface area contributed by atoms with Crippen LogP contribution in [0.3, 0.4) is 0 Å². The number of rotatable bonds is 4. The monoisotopic (exact) mass is 234 g/mol. The third-order valence-corrected chi connectivity index (χ3v) is 1.87. The predicted molar refractivity (Wildman–Crippen MR) is 56.6 cm³/mol. The van der Waals surface area contributed by atoms with E-state index in [4.69, 9.17) is 5.11 Å². The highest BCUT2D eigenvalue weighted by Crippen LogP contribution is 1.96. The maximum Gasteiger partial charge on any atom is 0.248 e. The number of carbonyl (C=O) groups is 1. The summed E-state index contributed by atoms with van der Waals surface area (Å²) in [7, 11) is 0. The molecule has 0 saturated carbocycles. The van der Waals surface area contributed by atoms with Crippen LogP contribution in [-0.4, -0.2) is 36.0 Å². The third-order valence-electron chi connectivity index (χ3n) is 1.87. The minimum Gasteiger partial charge on any atom is -0.390 e. The number of hydrogen-bond acceptors (Lipinski definition) is 6. The van der Waals surface area contributed by atoms with Gasteiger partial charge in [0.05, 0.1) is 12.8 Å². The van der Waals surface area contributed by atoms with E-state index in [1.807, 2.05) is 0 Å². The number of aromatic nitrogens is 5. The van der Waals surface area contributed by atoms with Gasteiger partial charge in [0.15, 0.2) is 0 Å². The minimum absolute atomic E-state index is 0.00868. The van der Waals surface area contributed by atoms with Crippen LogP contribution in [0.25, 0.3) is 0 Å². The molecule has 0 aliphatic rings. The second-order valence-corrected chi connectivity index (χ2v) is 3.19. The zero-order valence-electron chi connectivity index (χ0n) is 8.82. The summed E-state index contributed by atoms with van der Waals surface area (Å²) in [5.41, 5.74) is 0.411. The van der Waals surface area contributed by atoms with Gasteiger partial charge in [-0.3, -0.25) is 10.1 Å². The molecule has 2 aromatic heterocycles. The molecule has 0 fully saturated rings. The molecule has 0 aliphatic carbocycles. The van der Waals surface area contributed by atoms with E-state index in [2.05, 4.69) is 25.6 Å². The van der Waals surface area contributed by atoms with Crippen LogP contribution in [0.4, 0.5) is 5.95 Å². The molecule has 0 unspecified atom stereocenters. The Morgan fingerprint density at radius 2 is 2.18 bits per heavy atom. The molecule has 8 heteroatoms. The highest BCUT2D eigenvalue weighted by Gasteiger charge is 2.06. The largest absolute Gasteiger partial charge is 0.390 e. The molecule has 0 bridgehead atoms. The van der Waals surface area contributed by atoms with Crippen LogP contribution >= 0.6 is 0 Å². The Bertz CT molecular complexity index is 497. The maximum atomic E-state index is 11.5. The fourth-order valence-electron chi connectivity index (χ4n) is 1.16. The first-order chi connectivity index (χ1) is 8.28. The van der Waals surface area contributed by atoms with Crippen molar-refractivity contribution in [1.29, 1.82) is 0 Å². The maximum absolute atomic E-state index is 11.5. The van der Waals surface area contributed by atoms with Gasteiger partial charge in [0.25, 0.3) is 0 Å². The van der Waals surface area contributed by atoms with Gasteiger partial charge in [-0.1, -0.05) is 5.21 Å². The van der Waals surface area contributed by atoms with Crippen molar-refractivity contribution in [2.24, 2.45) is 0 Å². The minimum atomic E-state index is -0.314. The van der Waals surface area contributed by atoms with Crippen LogP contribution in [0.15, 0.2) is 24.7 Å². The summed E-state index contributed by atoms with van der Waals surface area (Å²) in [5, 5.41) is 18.6. The number of nitrogens with one attached hydrogen (secondary N) is 1. The summed E-state index contributed by atoms with van der Waals surface area (Å²) in [4.78, 5) is 19.2. The van der Waals surface area contributed by atoms with Gasteiger partial charge in [-0.2, -0.15) is 0 Å². The molecule has 8 nitrogen and oxygen atoms in total. The Morgan fingerprint density at radius 1 is 1.41 bits per heavy atom. The van der Waals surface area contributed by atoms with Gasteiger partial charge in [-0.05, 0) is 6.07 Å². The van der Waals surface area contributed by atoms with E-state index in [-0.39, 0.29) is 25.0 Å². The standard InChI is InChI=1S/C9H10N6O2/c16-6-7-4-15(14-13-7)5-8(17)12-9-10-2-1-3-11-9/h1-4,16H,5-6H2,(H,10,11,12,17). The molecule has 0 spiro atoms. The number of aliphatic hydroxyl groups excluding tert-OH is 1. The van der Waals surface area contributed by atoms with Crippen LogP contribution in [0.5, 0.6) is 0 Å². The van der Waals surface area contributed by atoms with Crippen molar-refractivity contribution in [2.75, 3.05) is 5.32 Å². The lowest BCUT2D eigenvalue weighted by molar-refractivity contribution is -0.117. The van der Waals surface area contributed by atoms with Crippen molar-refractivity contribution in [2.45, 2.75) is 13.2 Å². The molecule has 2 aromatic rings. The number of aliphatic hydroxyl groups is 1. The molecule has 0 atom stereocenters. The Hall–Kier alpha value is -2.35. The van der Waals surface area contributed by atoms with Crippen molar-refractivity contribution in [3.05, 3.63) is 30.4 Å². The summed E-state index contributed by atoms with van der Waals surface area (Å²) in [6.07, 6.45) is 4.55. The van der Waals surface area contributed by atoms with Crippen LogP contribution in [0.1, 0.15) is 5.69 Å². The molecule has 0 saturated heterocycles. The average Bonchev–Trinajstić information content (AvgIpc) is 2.78. The first kappa shape index (κ1) is 11.1. The van der Waals surface area contributed by atoms with Crippen LogP contribution in [-0.2, 0) is 17.9 Å². The topological polar surface area (TPSA) is 106 Å². The zero-order valence-corrected chi connectivity index (χ0v) is 8.82. The SMILES string of the molecule is O=C(Cn1cc(CO)nn1)Nc1ncccn1. The number of carbonyl (C=O) groups excluding carboxylic acids is 1. The van der Waals surface area contributed by atoms with E-state index >= 15 is 0 Å². The molecular weight excluding hydrogens is 224 g/mol. The fraction of sp³-hybridized carbons (Fsp3) is 0.222. The third kappa shape index (κ3) is 3.05. The van der Waals surface area contributed by atoms with E-state index in [1.54, 1.807) is 6.07 Å². The number of nitrogens with zero attached hydrogens (tertiary/aromatic N) is 5. The molecular formula is C9H10N6O2. The van der Waals surface area contributed by atoms with Crippen molar-refractivity contribution in [1.82, 2.24) is 25.0 Å². The fourth-order valence-corrected chi connectivity index (χ4v) is 1.16. The molecule has 1 amide bonds. The van der Waals surface area contributed by atoms with E-state index in [1.165, 1.54) is 23.3 Å². The van der Waals surface area contributed by atoms with Crippen LogP contribution < -0.4 is 5.32 Å². The molecule has 2 N–H and O–H groups in total. The van der Waals surface area contributed by atoms with Gasteiger partial charge in [-0.25, -0.2) is 14.6 Å². The molecule has 0 aromatic carbocycles. The van der Waals surface area contributed by atoms with Gasteiger partial charge in [0.1, 0.15) is 12.2 Å². The normalized spacial score (nSPS) is 10.2. The molecule has 0 radical (unpaired) electrons. The highest BCUT2D eigenvalue weighted by atomic mass is 16.3. The highest BCUT2D eigenvalue weighted by molar-refractivity contribution is 5.88. The number of anilines is 1. The summed E-state index contributed by atoms with van der Waals surface area (Å²) in [5.74, 6) is -0.0782. The zero-order chi connectivity index (χ0) is 12.1. The summed E-state index contributed by atoms with van der Waals surface area (Å²) in [6.45, 7) is -0.214. The van der Waals surface area contributed by atoms with Gasteiger partial charge in [-0.15, -0.1) is 5.10 Å². The lowest BCUT2D eigenvalue weighted by atomic mass is 10.5. The lowest BCUT2D eigenvalue weighted by Crippen LogP contribution is -2.20. The van der Waals surface area contributed by atoms with Crippen molar-refractivity contribution in [3.8, 4) is 0 Å². The lowest BCUT2D eigenvalue weighted by Gasteiger charge is -2.01. The predicted octanol–water partition coefficient (Wildman–Crippen LogP) is -0.801. The Kier molecular flexibility index (Phi) is 3.36. The Labute approximate surface area is 96.3 Å².